The summed E-state index contributed by atoms with van der Waals surface area (Å²) in [6.45, 7) is 6.20. The van der Waals surface area contributed by atoms with E-state index >= 15 is 0 Å². The third-order valence-corrected chi connectivity index (χ3v) is 5.33. The van der Waals surface area contributed by atoms with E-state index in [1.165, 1.54) is 36.0 Å². The van der Waals surface area contributed by atoms with Gasteiger partial charge in [-0.1, -0.05) is 18.2 Å². The molecule has 2 rings (SSSR count). The number of aliphatic imine (C=N–C) groups is 1. The molecule has 0 aromatic heterocycles. The molecule has 124 valence electrons. The zero-order valence-electron chi connectivity index (χ0n) is 14.0. The third kappa shape index (κ3) is 5.65. The predicted molar refractivity (Wildman–Crippen MR) is 110 cm³/mol. The Morgan fingerprint density at radius 3 is 2.64 bits per heavy atom. The fraction of sp³-hybridized carbons (Fsp3) is 0.588. The summed E-state index contributed by atoms with van der Waals surface area (Å²) in [4.78, 5) is 4.30. The number of guanidine groups is 1. The number of halogens is 1. The largest absolute Gasteiger partial charge is 0.355 e. The van der Waals surface area contributed by atoms with Crippen LogP contribution < -0.4 is 10.6 Å². The summed E-state index contributed by atoms with van der Waals surface area (Å²) in [6, 6.07) is 6.86. The van der Waals surface area contributed by atoms with Crippen molar-refractivity contribution in [1.82, 2.24) is 10.6 Å². The first kappa shape index (κ1) is 19.6. The van der Waals surface area contributed by atoms with E-state index in [0.717, 1.165) is 19.0 Å². The summed E-state index contributed by atoms with van der Waals surface area (Å²) in [5, 5.41) is 6.80. The van der Waals surface area contributed by atoms with Crippen LogP contribution in [0.15, 0.2) is 23.2 Å². The smallest absolute Gasteiger partial charge is 0.191 e. The van der Waals surface area contributed by atoms with E-state index in [1.54, 1.807) is 0 Å². The van der Waals surface area contributed by atoms with Crippen LogP contribution in [0.25, 0.3) is 0 Å². The SMILES string of the molecule is CN=C(NCc1ccc2c(c1)CCC2)NCC(C)(C)SC.I. The second kappa shape index (κ2) is 9.01. The fourth-order valence-corrected chi connectivity index (χ4v) is 2.73. The van der Waals surface area contributed by atoms with Crippen molar-refractivity contribution in [1.29, 1.82) is 0 Å². The van der Waals surface area contributed by atoms with E-state index in [-0.39, 0.29) is 28.7 Å². The Balaban J connectivity index is 0.00000242. The van der Waals surface area contributed by atoms with E-state index < -0.39 is 0 Å². The van der Waals surface area contributed by atoms with Crippen molar-refractivity contribution in [3.05, 3.63) is 34.9 Å². The number of hydrogen-bond acceptors (Lipinski definition) is 2. The molecular formula is C17H28IN3S. The first-order valence-electron chi connectivity index (χ1n) is 7.64. The highest BCUT2D eigenvalue weighted by atomic mass is 127. The van der Waals surface area contributed by atoms with Crippen LogP contribution in [0.2, 0.25) is 0 Å². The van der Waals surface area contributed by atoms with Gasteiger partial charge in [0, 0.05) is 24.9 Å². The van der Waals surface area contributed by atoms with Gasteiger partial charge < -0.3 is 10.6 Å². The topological polar surface area (TPSA) is 36.4 Å². The minimum Gasteiger partial charge on any atom is -0.355 e. The summed E-state index contributed by atoms with van der Waals surface area (Å²) >= 11 is 1.86. The lowest BCUT2D eigenvalue weighted by molar-refractivity contribution is 0.664. The lowest BCUT2D eigenvalue weighted by Crippen LogP contribution is -2.43. The van der Waals surface area contributed by atoms with Crippen LogP contribution in [0.3, 0.4) is 0 Å². The monoisotopic (exact) mass is 433 g/mol. The molecule has 0 saturated heterocycles. The van der Waals surface area contributed by atoms with E-state index in [2.05, 4.69) is 53.9 Å². The molecule has 0 unspecified atom stereocenters. The van der Waals surface area contributed by atoms with Crippen LogP contribution in [0.1, 0.15) is 37.0 Å². The fourth-order valence-electron chi connectivity index (χ4n) is 2.51. The summed E-state index contributed by atoms with van der Waals surface area (Å²) in [5.41, 5.74) is 4.39. The number of hydrogen-bond donors (Lipinski definition) is 2. The van der Waals surface area contributed by atoms with Crippen LogP contribution in [0, 0.1) is 0 Å². The summed E-state index contributed by atoms with van der Waals surface area (Å²) < 4.78 is 0.213. The zero-order valence-corrected chi connectivity index (χ0v) is 17.2. The highest BCUT2D eigenvalue weighted by Gasteiger charge is 2.16. The van der Waals surface area contributed by atoms with Gasteiger partial charge >= 0.3 is 0 Å². The molecule has 3 nitrogen and oxygen atoms in total. The van der Waals surface area contributed by atoms with Crippen LogP contribution in [-0.4, -0.2) is 30.6 Å². The van der Waals surface area contributed by atoms with Gasteiger partial charge in [-0.3, -0.25) is 4.99 Å². The van der Waals surface area contributed by atoms with Crippen LogP contribution >= 0.6 is 35.7 Å². The summed E-state index contributed by atoms with van der Waals surface area (Å²) in [5.74, 6) is 0.873. The number of fused-ring (bicyclic) bond motifs is 1. The number of aryl methyl sites for hydroxylation is 2. The maximum atomic E-state index is 4.30. The van der Waals surface area contributed by atoms with Gasteiger partial charge in [0.1, 0.15) is 0 Å². The molecule has 2 N–H and O–H groups in total. The molecule has 0 saturated carbocycles. The third-order valence-electron chi connectivity index (χ3n) is 4.08. The van der Waals surface area contributed by atoms with E-state index in [0.29, 0.717) is 0 Å². The van der Waals surface area contributed by atoms with Gasteiger partial charge in [0.05, 0.1) is 0 Å². The number of thioether (sulfide) groups is 1. The van der Waals surface area contributed by atoms with E-state index in [1.807, 2.05) is 18.8 Å². The van der Waals surface area contributed by atoms with Crippen molar-refractivity contribution in [3.63, 3.8) is 0 Å². The normalized spacial score (nSPS) is 14.3. The Kier molecular flexibility index (Phi) is 8.03. The average Bonchev–Trinajstić information content (AvgIpc) is 2.95. The lowest BCUT2D eigenvalue weighted by Gasteiger charge is -2.23. The maximum Gasteiger partial charge on any atom is 0.191 e. The first-order valence-corrected chi connectivity index (χ1v) is 8.87. The molecular weight excluding hydrogens is 405 g/mol. The molecule has 0 spiro atoms. The van der Waals surface area contributed by atoms with Crippen molar-refractivity contribution >= 4 is 41.7 Å². The van der Waals surface area contributed by atoms with Gasteiger partial charge in [-0.25, -0.2) is 0 Å². The van der Waals surface area contributed by atoms with Gasteiger partial charge in [0.2, 0.25) is 0 Å². The van der Waals surface area contributed by atoms with Crippen LogP contribution in [0.5, 0.6) is 0 Å². The molecule has 0 radical (unpaired) electrons. The zero-order chi connectivity index (χ0) is 15.3. The van der Waals surface area contributed by atoms with Crippen molar-refractivity contribution in [2.45, 2.75) is 44.4 Å². The lowest BCUT2D eigenvalue weighted by atomic mass is 10.1. The second-order valence-corrected chi connectivity index (χ2v) is 7.71. The highest BCUT2D eigenvalue weighted by molar-refractivity contribution is 14.0. The molecule has 1 aliphatic rings. The Labute approximate surface area is 156 Å². The molecule has 0 heterocycles. The first-order chi connectivity index (χ1) is 10.0. The maximum absolute atomic E-state index is 4.30. The molecule has 0 atom stereocenters. The van der Waals surface area contributed by atoms with Gasteiger partial charge in [-0.05, 0) is 56.1 Å². The Hall–Kier alpha value is -0.430. The van der Waals surface area contributed by atoms with Crippen molar-refractivity contribution in [2.24, 2.45) is 4.99 Å². The number of benzene rings is 1. The minimum absolute atomic E-state index is 0. The number of rotatable bonds is 5. The molecule has 5 heteroatoms. The summed E-state index contributed by atoms with van der Waals surface area (Å²) in [7, 11) is 1.82. The predicted octanol–water partition coefficient (Wildman–Crippen LogP) is 3.60. The molecule has 0 amide bonds. The highest BCUT2D eigenvalue weighted by Crippen LogP contribution is 2.22. The molecule has 0 fully saturated rings. The van der Waals surface area contributed by atoms with Crippen LogP contribution in [0.4, 0.5) is 0 Å². The molecule has 0 aliphatic heterocycles. The van der Waals surface area contributed by atoms with Crippen LogP contribution in [-0.2, 0) is 19.4 Å². The standard InChI is InChI=1S/C17H27N3S.HI/c1-17(2,21-4)12-20-16(18-3)19-11-13-8-9-14-6-5-7-15(14)10-13;/h8-10H,5-7,11-12H2,1-4H3,(H2,18,19,20);1H. The molecule has 22 heavy (non-hydrogen) atoms. The van der Waals surface area contributed by atoms with Gasteiger partial charge in [-0.15, -0.1) is 24.0 Å². The average molecular weight is 433 g/mol. The molecule has 1 aliphatic carbocycles. The molecule has 0 bridgehead atoms. The van der Waals surface area contributed by atoms with Crippen molar-refractivity contribution in [2.75, 3.05) is 19.8 Å². The summed E-state index contributed by atoms with van der Waals surface area (Å²) in [6.07, 6.45) is 5.93. The van der Waals surface area contributed by atoms with Crippen molar-refractivity contribution in [3.8, 4) is 0 Å². The van der Waals surface area contributed by atoms with Gasteiger partial charge in [0.15, 0.2) is 5.96 Å². The van der Waals surface area contributed by atoms with Crippen molar-refractivity contribution < 1.29 is 0 Å². The Morgan fingerprint density at radius 2 is 1.95 bits per heavy atom. The number of nitrogens with one attached hydrogen (secondary N) is 2. The molecule has 1 aromatic carbocycles. The number of nitrogens with zero attached hydrogens (tertiary/aromatic N) is 1. The Morgan fingerprint density at radius 1 is 1.23 bits per heavy atom. The molecule has 1 aromatic rings. The van der Waals surface area contributed by atoms with Gasteiger partial charge in [-0.2, -0.15) is 11.8 Å². The second-order valence-electron chi connectivity index (χ2n) is 6.20. The van der Waals surface area contributed by atoms with E-state index in [4.69, 9.17) is 0 Å². The quantitative estimate of drug-likeness (QED) is 0.423. The van der Waals surface area contributed by atoms with Gasteiger partial charge in [0.25, 0.3) is 0 Å². The minimum atomic E-state index is 0. The van der Waals surface area contributed by atoms with E-state index in [9.17, 15) is 0 Å². The Bertz CT molecular complexity index is 515.